The van der Waals surface area contributed by atoms with E-state index in [-0.39, 0.29) is 7.43 Å². The van der Waals surface area contributed by atoms with Gasteiger partial charge in [0, 0.05) is 13.2 Å². The van der Waals surface area contributed by atoms with Gasteiger partial charge < -0.3 is 14.2 Å². The molecular formula is C9H20O3. The fourth-order valence-corrected chi connectivity index (χ4v) is 0.982. The predicted molar refractivity (Wildman–Crippen MR) is 48.2 cm³/mol. The molecule has 0 aliphatic carbocycles. The van der Waals surface area contributed by atoms with E-state index in [0.717, 1.165) is 26.4 Å². The second-order valence-corrected chi connectivity index (χ2v) is 2.61. The van der Waals surface area contributed by atoms with E-state index in [1.165, 1.54) is 19.3 Å². The Balaban J connectivity index is 0.000000189. The van der Waals surface area contributed by atoms with Gasteiger partial charge in [0.2, 0.25) is 0 Å². The van der Waals surface area contributed by atoms with Crippen molar-refractivity contribution in [2.75, 3.05) is 33.2 Å². The van der Waals surface area contributed by atoms with Crippen LogP contribution < -0.4 is 0 Å². The second kappa shape index (κ2) is 8.97. The van der Waals surface area contributed by atoms with E-state index in [2.05, 4.69) is 0 Å². The minimum Gasteiger partial charge on any atom is -0.381 e. The van der Waals surface area contributed by atoms with Crippen molar-refractivity contribution in [3.05, 3.63) is 0 Å². The summed E-state index contributed by atoms with van der Waals surface area (Å²) in [5.41, 5.74) is 0. The molecule has 2 rings (SSSR count). The average Bonchev–Trinajstić information content (AvgIpc) is 2.64. The van der Waals surface area contributed by atoms with Crippen LogP contribution in [0.1, 0.15) is 26.7 Å². The van der Waals surface area contributed by atoms with Gasteiger partial charge in [0.1, 0.15) is 6.79 Å². The van der Waals surface area contributed by atoms with Crippen LogP contribution in [0.5, 0.6) is 0 Å². The van der Waals surface area contributed by atoms with Crippen LogP contribution in [0.3, 0.4) is 0 Å². The first-order valence-corrected chi connectivity index (χ1v) is 4.23. The standard InChI is InChI=1S/C5H10O.C3H6O2.CH4/c1-2-4-6-5-3-1;1-2-5-3-4-1;/h1-5H2;1-3H2;1H4. The van der Waals surface area contributed by atoms with Crippen LogP contribution in [0.25, 0.3) is 0 Å². The summed E-state index contributed by atoms with van der Waals surface area (Å²) in [6.07, 6.45) is 3.93. The lowest BCUT2D eigenvalue weighted by Crippen LogP contribution is -2.03. The molecular weight excluding hydrogens is 156 g/mol. The summed E-state index contributed by atoms with van der Waals surface area (Å²) in [6, 6.07) is 0. The van der Waals surface area contributed by atoms with Gasteiger partial charge >= 0.3 is 0 Å². The molecule has 0 N–H and O–H groups in total. The van der Waals surface area contributed by atoms with Crippen molar-refractivity contribution < 1.29 is 14.2 Å². The van der Waals surface area contributed by atoms with Crippen molar-refractivity contribution in [1.29, 1.82) is 0 Å². The summed E-state index contributed by atoms with van der Waals surface area (Å²) >= 11 is 0. The number of hydrogen-bond acceptors (Lipinski definition) is 3. The molecule has 0 bridgehead atoms. The molecule has 0 aromatic heterocycles. The predicted octanol–water partition coefficient (Wildman–Crippen LogP) is 1.81. The highest BCUT2D eigenvalue weighted by molar-refractivity contribution is 4.45. The molecule has 3 heteroatoms. The molecule has 0 unspecified atom stereocenters. The van der Waals surface area contributed by atoms with Crippen LogP contribution in [0.4, 0.5) is 0 Å². The van der Waals surface area contributed by atoms with E-state index in [1.54, 1.807) is 0 Å². The highest BCUT2D eigenvalue weighted by Gasteiger charge is 1.95. The number of rotatable bonds is 0. The Labute approximate surface area is 75.0 Å². The van der Waals surface area contributed by atoms with Gasteiger partial charge in [-0.05, 0) is 19.3 Å². The normalized spacial score (nSPS) is 22.0. The lowest BCUT2D eigenvalue weighted by Gasteiger charge is -2.08. The van der Waals surface area contributed by atoms with Crippen LogP contribution in [0, 0.1) is 0 Å². The highest BCUT2D eigenvalue weighted by Crippen LogP contribution is 2.02. The molecule has 2 aliphatic rings. The zero-order chi connectivity index (χ0) is 7.78. The van der Waals surface area contributed by atoms with Crippen LogP contribution in [-0.4, -0.2) is 33.2 Å². The number of hydrogen-bond donors (Lipinski definition) is 0. The first-order chi connectivity index (χ1) is 5.50. The van der Waals surface area contributed by atoms with Gasteiger partial charge in [-0.2, -0.15) is 0 Å². The maximum atomic E-state index is 5.07. The molecule has 0 amide bonds. The molecule has 0 aromatic rings. The van der Waals surface area contributed by atoms with Gasteiger partial charge in [0.15, 0.2) is 0 Å². The molecule has 0 aromatic carbocycles. The molecule has 0 radical (unpaired) electrons. The van der Waals surface area contributed by atoms with Crippen LogP contribution in [-0.2, 0) is 14.2 Å². The first kappa shape index (κ1) is 11.9. The Morgan fingerprint density at radius 1 is 0.583 bits per heavy atom. The third-order valence-corrected chi connectivity index (χ3v) is 1.62. The monoisotopic (exact) mass is 176 g/mol. The minimum absolute atomic E-state index is 0. The quantitative estimate of drug-likeness (QED) is 0.563. The molecule has 0 spiro atoms. The zero-order valence-electron chi connectivity index (χ0n) is 6.88. The SMILES string of the molecule is C.C1CCOCC1.C1COCO1. The topological polar surface area (TPSA) is 27.7 Å². The van der Waals surface area contributed by atoms with E-state index in [9.17, 15) is 0 Å². The van der Waals surface area contributed by atoms with Gasteiger partial charge in [-0.1, -0.05) is 7.43 Å². The first-order valence-electron chi connectivity index (χ1n) is 4.23. The molecule has 12 heavy (non-hydrogen) atoms. The summed E-state index contributed by atoms with van der Waals surface area (Å²) in [6.45, 7) is 4.06. The largest absolute Gasteiger partial charge is 0.381 e. The van der Waals surface area contributed by atoms with Crippen LogP contribution in [0.2, 0.25) is 0 Å². The third-order valence-electron chi connectivity index (χ3n) is 1.62. The van der Waals surface area contributed by atoms with Crippen molar-refractivity contribution in [3.8, 4) is 0 Å². The van der Waals surface area contributed by atoms with E-state index >= 15 is 0 Å². The fourth-order valence-electron chi connectivity index (χ4n) is 0.982. The van der Waals surface area contributed by atoms with Gasteiger partial charge in [0.25, 0.3) is 0 Å². The van der Waals surface area contributed by atoms with Crippen LogP contribution in [0.15, 0.2) is 0 Å². The van der Waals surface area contributed by atoms with E-state index in [0.29, 0.717) is 6.79 Å². The molecule has 0 saturated carbocycles. The summed E-state index contributed by atoms with van der Waals surface area (Å²) in [5, 5.41) is 0. The van der Waals surface area contributed by atoms with Crippen molar-refractivity contribution in [1.82, 2.24) is 0 Å². The molecule has 0 atom stereocenters. The fraction of sp³-hybridized carbons (Fsp3) is 1.00. The summed E-state index contributed by atoms with van der Waals surface area (Å²) in [7, 11) is 0. The smallest absolute Gasteiger partial charge is 0.146 e. The Kier molecular flexibility index (Phi) is 8.88. The lowest BCUT2D eigenvalue weighted by atomic mass is 10.2. The average molecular weight is 176 g/mol. The maximum absolute atomic E-state index is 5.07. The number of ether oxygens (including phenoxy) is 3. The van der Waals surface area contributed by atoms with Crippen molar-refractivity contribution in [2.24, 2.45) is 0 Å². The maximum Gasteiger partial charge on any atom is 0.146 e. The molecule has 2 aliphatic heterocycles. The zero-order valence-corrected chi connectivity index (χ0v) is 6.88. The Hall–Kier alpha value is -0.120. The minimum atomic E-state index is 0. The lowest BCUT2D eigenvalue weighted by molar-refractivity contribution is 0.0692. The Bertz CT molecular complexity index is 58.7. The van der Waals surface area contributed by atoms with Gasteiger partial charge in [-0.25, -0.2) is 0 Å². The van der Waals surface area contributed by atoms with Crippen molar-refractivity contribution >= 4 is 0 Å². The Morgan fingerprint density at radius 3 is 1.33 bits per heavy atom. The van der Waals surface area contributed by atoms with Gasteiger partial charge in [-0.15, -0.1) is 0 Å². The summed E-state index contributed by atoms with van der Waals surface area (Å²) in [5.74, 6) is 0. The summed E-state index contributed by atoms with van der Waals surface area (Å²) < 4.78 is 14.5. The van der Waals surface area contributed by atoms with Gasteiger partial charge in [-0.3, -0.25) is 0 Å². The third kappa shape index (κ3) is 6.58. The van der Waals surface area contributed by atoms with Crippen molar-refractivity contribution in [2.45, 2.75) is 26.7 Å². The van der Waals surface area contributed by atoms with Crippen molar-refractivity contribution in [3.63, 3.8) is 0 Å². The van der Waals surface area contributed by atoms with E-state index in [4.69, 9.17) is 14.2 Å². The van der Waals surface area contributed by atoms with E-state index < -0.39 is 0 Å². The summed E-state index contributed by atoms with van der Waals surface area (Å²) in [4.78, 5) is 0. The van der Waals surface area contributed by atoms with Crippen LogP contribution >= 0.6 is 0 Å². The molecule has 2 heterocycles. The molecule has 2 saturated heterocycles. The van der Waals surface area contributed by atoms with E-state index in [1.807, 2.05) is 0 Å². The second-order valence-electron chi connectivity index (χ2n) is 2.61. The molecule has 74 valence electrons. The Morgan fingerprint density at radius 2 is 1.17 bits per heavy atom. The molecule has 2 fully saturated rings. The molecule has 3 nitrogen and oxygen atoms in total. The van der Waals surface area contributed by atoms with Gasteiger partial charge in [0.05, 0.1) is 13.2 Å². The highest BCUT2D eigenvalue weighted by atomic mass is 16.7.